The van der Waals surface area contributed by atoms with Crippen LogP contribution in [0.4, 0.5) is 4.39 Å². The quantitative estimate of drug-likeness (QED) is 0.605. The Morgan fingerprint density at radius 1 is 1.37 bits per heavy atom. The average molecular weight is 396 g/mol. The molecular weight excluding hydrogens is 377 g/mol. The van der Waals surface area contributed by atoms with E-state index in [1.54, 1.807) is 0 Å². The van der Waals surface area contributed by atoms with Gasteiger partial charge in [-0.3, -0.25) is 14.7 Å². The van der Waals surface area contributed by atoms with E-state index in [0.29, 0.717) is 18.7 Å². The minimum Gasteiger partial charge on any atom is -0.391 e. The van der Waals surface area contributed by atoms with Crippen LogP contribution in [0.1, 0.15) is 35.4 Å². The monoisotopic (exact) mass is 395 g/mol. The highest BCUT2D eigenvalue weighted by atomic mass is 35.5. The third-order valence-electron chi connectivity index (χ3n) is 4.57. The second-order valence-electron chi connectivity index (χ2n) is 6.43. The van der Waals surface area contributed by atoms with Gasteiger partial charge in [-0.05, 0) is 37.5 Å². The van der Waals surface area contributed by atoms with E-state index >= 15 is 0 Å². The van der Waals surface area contributed by atoms with Crippen molar-refractivity contribution in [2.75, 3.05) is 0 Å². The summed E-state index contributed by atoms with van der Waals surface area (Å²) in [5, 5.41) is 22.0. The maximum Gasteiger partial charge on any atom is 0.253 e. The van der Waals surface area contributed by atoms with Gasteiger partial charge in [-0.15, -0.1) is 0 Å². The zero-order chi connectivity index (χ0) is 19.4. The first-order valence-electron chi connectivity index (χ1n) is 8.50. The Hall–Kier alpha value is -2.52. The number of nitrogens with zero attached hydrogens (tertiary/aromatic N) is 2. The van der Waals surface area contributed by atoms with Gasteiger partial charge in [0.05, 0.1) is 29.3 Å². The molecule has 10 heteroatoms. The summed E-state index contributed by atoms with van der Waals surface area (Å²) in [6.07, 6.45) is 1.75. The summed E-state index contributed by atoms with van der Waals surface area (Å²) in [4.78, 5) is 28.7. The number of aromatic nitrogens is 3. The molecule has 27 heavy (non-hydrogen) atoms. The number of halogens is 2. The molecule has 1 saturated carbocycles. The first kappa shape index (κ1) is 19.2. The molecule has 0 unspecified atom stereocenters. The SMILES string of the molecule is O=C(N[C@@H]1C[C@@H](C(=O)NCc2ncn[nH]2)CC[C@H]1O)c1ccc(F)cc1Cl. The molecule has 0 radical (unpaired) electrons. The Morgan fingerprint density at radius 3 is 2.89 bits per heavy atom. The molecule has 1 aromatic carbocycles. The third kappa shape index (κ3) is 4.81. The third-order valence-corrected chi connectivity index (χ3v) is 4.88. The summed E-state index contributed by atoms with van der Waals surface area (Å²) in [6.45, 7) is 0.222. The highest BCUT2D eigenvalue weighted by molar-refractivity contribution is 6.33. The molecule has 8 nitrogen and oxygen atoms in total. The normalized spacial score (nSPS) is 22.3. The van der Waals surface area contributed by atoms with Crippen LogP contribution in [0.25, 0.3) is 0 Å². The van der Waals surface area contributed by atoms with E-state index in [2.05, 4.69) is 25.8 Å². The van der Waals surface area contributed by atoms with Crippen LogP contribution in [0, 0.1) is 11.7 Å². The van der Waals surface area contributed by atoms with Crippen LogP contribution >= 0.6 is 11.6 Å². The highest BCUT2D eigenvalue weighted by Crippen LogP contribution is 2.26. The Morgan fingerprint density at radius 2 is 2.19 bits per heavy atom. The Labute approximate surface area is 159 Å². The fourth-order valence-electron chi connectivity index (χ4n) is 3.10. The van der Waals surface area contributed by atoms with Gasteiger partial charge in [0.15, 0.2) is 0 Å². The van der Waals surface area contributed by atoms with E-state index in [4.69, 9.17) is 11.6 Å². The minimum atomic E-state index is -0.772. The molecule has 2 amide bonds. The van der Waals surface area contributed by atoms with E-state index in [-0.39, 0.29) is 35.4 Å². The molecule has 4 N–H and O–H groups in total. The zero-order valence-corrected chi connectivity index (χ0v) is 15.0. The Bertz CT molecular complexity index is 817. The summed E-state index contributed by atoms with van der Waals surface area (Å²) in [5.74, 6) is -1.07. The number of rotatable bonds is 5. The topological polar surface area (TPSA) is 120 Å². The number of amides is 2. The van der Waals surface area contributed by atoms with Crippen molar-refractivity contribution in [2.24, 2.45) is 5.92 Å². The molecule has 1 aliphatic rings. The molecule has 3 rings (SSSR count). The summed E-state index contributed by atoms with van der Waals surface area (Å²) >= 11 is 5.91. The summed E-state index contributed by atoms with van der Waals surface area (Å²) in [5.41, 5.74) is 0.113. The fraction of sp³-hybridized carbons (Fsp3) is 0.412. The lowest BCUT2D eigenvalue weighted by Crippen LogP contribution is -2.49. The van der Waals surface area contributed by atoms with E-state index in [1.165, 1.54) is 12.4 Å². The van der Waals surface area contributed by atoms with Crippen molar-refractivity contribution in [3.63, 3.8) is 0 Å². The lowest BCUT2D eigenvalue weighted by molar-refractivity contribution is -0.127. The van der Waals surface area contributed by atoms with Gasteiger partial charge in [0, 0.05) is 5.92 Å². The van der Waals surface area contributed by atoms with Crippen LogP contribution in [0.2, 0.25) is 5.02 Å². The first-order chi connectivity index (χ1) is 12.9. The van der Waals surface area contributed by atoms with E-state index in [1.807, 2.05) is 0 Å². The maximum atomic E-state index is 13.1. The number of aliphatic hydroxyl groups excluding tert-OH is 1. The van der Waals surface area contributed by atoms with E-state index < -0.39 is 23.9 Å². The highest BCUT2D eigenvalue weighted by Gasteiger charge is 2.34. The number of carbonyl (C=O) groups is 2. The molecule has 0 spiro atoms. The number of aromatic amines is 1. The van der Waals surface area contributed by atoms with Crippen molar-refractivity contribution < 1.29 is 19.1 Å². The predicted octanol–water partition coefficient (Wildman–Crippen LogP) is 1.17. The Balaban J connectivity index is 1.59. The van der Waals surface area contributed by atoms with Crippen LogP contribution in [0.5, 0.6) is 0 Å². The van der Waals surface area contributed by atoms with Gasteiger partial charge in [-0.2, -0.15) is 5.10 Å². The zero-order valence-electron chi connectivity index (χ0n) is 14.3. The number of nitrogens with one attached hydrogen (secondary N) is 3. The molecule has 0 saturated heterocycles. The predicted molar refractivity (Wildman–Crippen MR) is 94.2 cm³/mol. The Kier molecular flexibility index (Phi) is 6.02. The molecule has 1 aromatic heterocycles. The fourth-order valence-corrected chi connectivity index (χ4v) is 3.35. The number of hydrogen-bond donors (Lipinski definition) is 4. The smallest absolute Gasteiger partial charge is 0.253 e. The largest absolute Gasteiger partial charge is 0.391 e. The van der Waals surface area contributed by atoms with Crippen molar-refractivity contribution in [1.29, 1.82) is 0 Å². The van der Waals surface area contributed by atoms with Crippen LogP contribution < -0.4 is 10.6 Å². The molecular formula is C17H19ClFN5O3. The van der Waals surface area contributed by atoms with Crippen LogP contribution in [-0.4, -0.2) is 44.2 Å². The molecule has 0 bridgehead atoms. The average Bonchev–Trinajstić information content (AvgIpc) is 3.15. The van der Waals surface area contributed by atoms with Gasteiger partial charge >= 0.3 is 0 Å². The summed E-state index contributed by atoms with van der Waals surface area (Å²) in [7, 11) is 0. The van der Waals surface area contributed by atoms with Gasteiger partial charge in [0.25, 0.3) is 5.91 Å². The standard InChI is InChI=1S/C17H19ClFN5O3/c18-12-6-10(19)2-3-11(12)17(27)23-13-5-9(1-4-14(13)25)16(26)20-7-15-21-8-22-24-15/h2-3,6,8-9,13-14,25H,1,4-5,7H2,(H,20,26)(H,23,27)(H,21,22,24)/t9-,13+,14+/m0/s1. The van der Waals surface area contributed by atoms with Gasteiger partial charge in [0.2, 0.25) is 5.91 Å². The molecule has 0 aliphatic heterocycles. The molecule has 2 aromatic rings. The second kappa shape index (κ2) is 8.45. The molecule has 3 atom stereocenters. The minimum absolute atomic E-state index is 0.0147. The lowest BCUT2D eigenvalue weighted by atomic mass is 9.83. The number of H-pyrrole nitrogens is 1. The first-order valence-corrected chi connectivity index (χ1v) is 8.87. The summed E-state index contributed by atoms with van der Waals surface area (Å²) in [6, 6.07) is 2.86. The number of hydrogen-bond acceptors (Lipinski definition) is 5. The maximum absolute atomic E-state index is 13.1. The lowest BCUT2D eigenvalue weighted by Gasteiger charge is -2.33. The summed E-state index contributed by atoms with van der Waals surface area (Å²) < 4.78 is 13.1. The van der Waals surface area contributed by atoms with Crippen LogP contribution in [-0.2, 0) is 11.3 Å². The van der Waals surface area contributed by atoms with Gasteiger partial charge in [-0.25, -0.2) is 9.37 Å². The van der Waals surface area contributed by atoms with Crippen molar-refractivity contribution in [2.45, 2.75) is 38.0 Å². The number of aliphatic hydroxyl groups is 1. The molecule has 1 aliphatic carbocycles. The van der Waals surface area contributed by atoms with Crippen LogP contribution in [0.3, 0.4) is 0 Å². The van der Waals surface area contributed by atoms with Gasteiger partial charge < -0.3 is 15.7 Å². The van der Waals surface area contributed by atoms with E-state index in [0.717, 1.165) is 12.1 Å². The number of benzene rings is 1. The van der Waals surface area contributed by atoms with Gasteiger partial charge in [0.1, 0.15) is 18.0 Å². The van der Waals surface area contributed by atoms with Gasteiger partial charge in [-0.1, -0.05) is 11.6 Å². The van der Waals surface area contributed by atoms with Crippen molar-refractivity contribution in [3.8, 4) is 0 Å². The number of carbonyl (C=O) groups excluding carboxylic acids is 2. The van der Waals surface area contributed by atoms with Crippen LogP contribution in [0.15, 0.2) is 24.5 Å². The van der Waals surface area contributed by atoms with E-state index in [9.17, 15) is 19.1 Å². The molecule has 1 fully saturated rings. The molecule has 144 valence electrons. The van der Waals surface area contributed by atoms with Crippen molar-refractivity contribution in [1.82, 2.24) is 25.8 Å². The molecule has 1 heterocycles. The van der Waals surface area contributed by atoms with Crippen molar-refractivity contribution >= 4 is 23.4 Å². The second-order valence-corrected chi connectivity index (χ2v) is 6.84. The van der Waals surface area contributed by atoms with Crippen molar-refractivity contribution in [3.05, 3.63) is 46.8 Å².